The summed E-state index contributed by atoms with van der Waals surface area (Å²) in [6.45, 7) is -3.54. The minimum Gasteiger partial charge on any atom is -0.477 e. The van der Waals surface area contributed by atoms with Crippen molar-refractivity contribution in [3.8, 4) is 0 Å². The summed E-state index contributed by atoms with van der Waals surface area (Å²) in [5.41, 5.74) is 0. The number of nitrogens with zero attached hydrogens (tertiary/aromatic N) is 1. The van der Waals surface area contributed by atoms with Crippen LogP contribution >= 0.6 is 0 Å². The van der Waals surface area contributed by atoms with Crippen molar-refractivity contribution in [2.24, 2.45) is 0 Å². The van der Waals surface area contributed by atoms with E-state index in [-0.39, 0.29) is 12.3 Å². The molecule has 0 amide bonds. The van der Waals surface area contributed by atoms with E-state index in [1.54, 1.807) is 0 Å². The lowest BCUT2D eigenvalue weighted by atomic mass is 10.3. The average Bonchev–Trinajstić information content (AvgIpc) is 1.95. The lowest BCUT2D eigenvalue weighted by Crippen LogP contribution is -2.58. The Morgan fingerprint density at radius 2 is 0.737 bits per heavy atom. The summed E-state index contributed by atoms with van der Waals surface area (Å²) in [5.74, 6) is -5.86. The van der Waals surface area contributed by atoms with E-state index in [1.165, 1.54) is 0 Å². The summed E-state index contributed by atoms with van der Waals surface area (Å²) in [5, 5.41) is 34.4. The number of aliphatic carboxylic acids is 4. The second-order valence-electron chi connectivity index (χ2n) is 3.55. The van der Waals surface area contributed by atoms with Crippen molar-refractivity contribution in [1.29, 1.82) is 0 Å². The maximum Gasteiger partial charge on any atom is 0.359 e. The van der Waals surface area contributed by atoms with Crippen molar-refractivity contribution in [3.05, 3.63) is 0 Å². The number of rotatable bonds is 8. The highest BCUT2D eigenvalue weighted by Gasteiger charge is 2.38. The van der Waals surface area contributed by atoms with Crippen LogP contribution in [0.15, 0.2) is 0 Å². The van der Waals surface area contributed by atoms with E-state index in [2.05, 4.69) is 0 Å². The molecule has 10 N–H and O–H groups in total. The molecule has 0 aliphatic carbocycles. The van der Waals surface area contributed by atoms with E-state index >= 15 is 0 Å². The van der Waals surface area contributed by atoms with E-state index < -0.39 is 54.5 Å². The van der Waals surface area contributed by atoms with Gasteiger partial charge >= 0.3 is 23.9 Å². The molecule has 0 aliphatic heterocycles. The van der Waals surface area contributed by atoms with E-state index in [0.717, 1.165) is 0 Å². The molecule has 0 atom stereocenters. The Morgan fingerprint density at radius 3 is 0.842 bits per heavy atom. The SMILES string of the molecule is N.N.O=C(O)C[N+](CC(=O)O)(CC(=O)O)CC(=O)O. The topological polar surface area (TPSA) is 219 Å². The second-order valence-corrected chi connectivity index (χ2v) is 3.55. The lowest BCUT2D eigenvalue weighted by molar-refractivity contribution is -0.900. The van der Waals surface area contributed by atoms with Crippen LogP contribution in [0.4, 0.5) is 0 Å². The van der Waals surface area contributed by atoms with Crippen molar-refractivity contribution in [2.75, 3.05) is 26.2 Å². The van der Waals surface area contributed by atoms with E-state index in [1.807, 2.05) is 0 Å². The Labute approximate surface area is 107 Å². The van der Waals surface area contributed by atoms with Gasteiger partial charge in [-0.05, 0) is 0 Å². The van der Waals surface area contributed by atoms with E-state index in [0.29, 0.717) is 0 Å². The van der Waals surface area contributed by atoms with Crippen LogP contribution in [-0.4, -0.2) is 75.0 Å². The largest absolute Gasteiger partial charge is 0.477 e. The number of hydrogen-bond acceptors (Lipinski definition) is 6. The number of carboxylic acid groups (broad SMARTS) is 4. The molecule has 0 heterocycles. The monoisotopic (exact) mass is 284 g/mol. The molecule has 0 saturated heterocycles. The van der Waals surface area contributed by atoms with Crippen molar-refractivity contribution >= 4 is 23.9 Å². The van der Waals surface area contributed by atoms with Crippen molar-refractivity contribution in [3.63, 3.8) is 0 Å². The maximum absolute atomic E-state index is 10.6. The van der Waals surface area contributed by atoms with E-state index in [9.17, 15) is 19.2 Å². The molecule has 0 aliphatic rings. The molecule has 0 aromatic heterocycles. The van der Waals surface area contributed by atoms with Crippen LogP contribution in [0.2, 0.25) is 0 Å². The first kappa shape index (κ1) is 22.0. The molecule has 11 nitrogen and oxygen atoms in total. The number of carbonyl (C=O) groups is 4. The first-order chi connectivity index (χ1) is 7.67. The van der Waals surface area contributed by atoms with Crippen LogP contribution in [0.25, 0.3) is 0 Å². The van der Waals surface area contributed by atoms with Gasteiger partial charge in [0.2, 0.25) is 0 Å². The normalized spacial score (nSPS) is 9.68. The number of quaternary nitrogens is 1. The van der Waals surface area contributed by atoms with E-state index in [4.69, 9.17) is 20.4 Å². The zero-order valence-corrected chi connectivity index (χ0v) is 10.1. The van der Waals surface area contributed by atoms with Crippen LogP contribution in [0.3, 0.4) is 0 Å². The molecule has 112 valence electrons. The summed E-state index contributed by atoms with van der Waals surface area (Å²) in [6, 6.07) is 0. The fourth-order valence-corrected chi connectivity index (χ4v) is 1.48. The van der Waals surface area contributed by atoms with Crippen LogP contribution < -0.4 is 12.3 Å². The van der Waals surface area contributed by atoms with Crippen LogP contribution in [-0.2, 0) is 19.2 Å². The number of hydrogen-bond donors (Lipinski definition) is 6. The van der Waals surface area contributed by atoms with Gasteiger partial charge in [-0.3, -0.25) is 4.48 Å². The minimum atomic E-state index is -1.46. The highest BCUT2D eigenvalue weighted by Crippen LogP contribution is 2.07. The van der Waals surface area contributed by atoms with Gasteiger partial charge < -0.3 is 32.7 Å². The third-order valence-corrected chi connectivity index (χ3v) is 1.88. The molecule has 0 radical (unpaired) electrons. The highest BCUT2D eigenvalue weighted by atomic mass is 16.4. The summed E-state index contributed by atoms with van der Waals surface area (Å²) in [6.07, 6.45) is 0. The summed E-state index contributed by atoms with van der Waals surface area (Å²) in [7, 11) is 0. The molecular formula is C8H18N3O8+. The van der Waals surface area contributed by atoms with Gasteiger partial charge in [-0.2, -0.15) is 0 Å². The van der Waals surface area contributed by atoms with Gasteiger partial charge in [-0.25, -0.2) is 19.2 Å². The lowest BCUT2D eigenvalue weighted by Gasteiger charge is -2.32. The molecule has 11 heteroatoms. The van der Waals surface area contributed by atoms with Gasteiger partial charge in [0.1, 0.15) is 0 Å². The third-order valence-electron chi connectivity index (χ3n) is 1.88. The molecule has 0 aromatic carbocycles. The van der Waals surface area contributed by atoms with Gasteiger partial charge in [0.15, 0.2) is 26.2 Å². The van der Waals surface area contributed by atoms with Gasteiger partial charge in [0.25, 0.3) is 0 Å². The molecule has 0 aromatic rings. The molecular weight excluding hydrogens is 266 g/mol. The molecule has 19 heavy (non-hydrogen) atoms. The molecule has 0 saturated carbocycles. The first-order valence-corrected chi connectivity index (χ1v) is 4.39. The zero-order valence-electron chi connectivity index (χ0n) is 10.1. The van der Waals surface area contributed by atoms with Gasteiger partial charge in [0.05, 0.1) is 0 Å². The quantitative estimate of drug-likeness (QED) is 0.282. The second kappa shape index (κ2) is 8.79. The summed E-state index contributed by atoms with van der Waals surface area (Å²) >= 11 is 0. The van der Waals surface area contributed by atoms with Crippen molar-refractivity contribution in [2.45, 2.75) is 0 Å². The minimum absolute atomic E-state index is 0. The molecule has 0 spiro atoms. The Balaban J connectivity index is -0.00000128. The Morgan fingerprint density at radius 1 is 0.579 bits per heavy atom. The Hall–Kier alpha value is -2.24. The molecule has 0 fully saturated rings. The third kappa shape index (κ3) is 9.46. The fourth-order valence-electron chi connectivity index (χ4n) is 1.48. The molecule has 0 rings (SSSR count). The van der Waals surface area contributed by atoms with Gasteiger partial charge in [-0.15, -0.1) is 0 Å². The Kier molecular flexibility index (Phi) is 10.2. The predicted molar refractivity (Wildman–Crippen MR) is 60.3 cm³/mol. The number of carboxylic acids is 4. The Bertz CT molecular complexity index is 286. The molecule has 0 unspecified atom stereocenters. The van der Waals surface area contributed by atoms with Crippen LogP contribution in [0, 0.1) is 0 Å². The maximum atomic E-state index is 10.6. The summed E-state index contributed by atoms with van der Waals surface area (Å²) < 4.78 is -1.07. The van der Waals surface area contributed by atoms with Crippen molar-refractivity contribution in [1.82, 2.24) is 12.3 Å². The fraction of sp³-hybridized carbons (Fsp3) is 0.500. The highest BCUT2D eigenvalue weighted by molar-refractivity contribution is 5.75. The predicted octanol–water partition coefficient (Wildman–Crippen LogP) is -1.53. The standard InChI is InChI=1S/C8H11NO8.2H3N/c10-5(11)1-9(2-6(12)13,3-7(14)15)4-8(16)17;;/h1-4H2,(H3-,10,11,12,13,14,15,16,17);2*1H3/p+1. The van der Waals surface area contributed by atoms with Gasteiger partial charge in [0, 0.05) is 0 Å². The zero-order chi connectivity index (χ0) is 13.6. The first-order valence-electron chi connectivity index (χ1n) is 4.39. The average molecular weight is 284 g/mol. The van der Waals surface area contributed by atoms with Crippen LogP contribution in [0.1, 0.15) is 0 Å². The van der Waals surface area contributed by atoms with Gasteiger partial charge in [-0.1, -0.05) is 0 Å². The summed E-state index contributed by atoms with van der Waals surface area (Å²) in [4.78, 5) is 42.3. The van der Waals surface area contributed by atoms with Crippen molar-refractivity contribution < 1.29 is 44.1 Å². The van der Waals surface area contributed by atoms with Crippen LogP contribution in [0.5, 0.6) is 0 Å². The molecule has 0 bridgehead atoms. The smallest absolute Gasteiger partial charge is 0.359 e.